The van der Waals surface area contributed by atoms with Crippen LogP contribution in [0.4, 0.5) is 5.82 Å². The molecule has 0 aliphatic rings. The van der Waals surface area contributed by atoms with Gasteiger partial charge in [0.1, 0.15) is 21.3 Å². The number of thiophene rings is 1. The Labute approximate surface area is 155 Å². The van der Waals surface area contributed by atoms with Crippen LogP contribution in [0.15, 0.2) is 30.3 Å². The van der Waals surface area contributed by atoms with Gasteiger partial charge < -0.3 is 15.2 Å². The maximum absolute atomic E-state index is 12.0. The van der Waals surface area contributed by atoms with Crippen LogP contribution in [0.25, 0.3) is 10.2 Å². The summed E-state index contributed by atoms with van der Waals surface area (Å²) in [6, 6.07) is 9.82. The summed E-state index contributed by atoms with van der Waals surface area (Å²) >= 11 is 1.31. The first kappa shape index (κ1) is 18.3. The summed E-state index contributed by atoms with van der Waals surface area (Å²) in [4.78, 5) is 22.3. The van der Waals surface area contributed by atoms with Gasteiger partial charge in [-0.1, -0.05) is 30.3 Å². The molecule has 7 heteroatoms. The highest BCUT2D eigenvalue weighted by Crippen LogP contribution is 2.36. The van der Waals surface area contributed by atoms with Crippen LogP contribution in [-0.2, 0) is 4.74 Å². The van der Waals surface area contributed by atoms with Crippen molar-refractivity contribution in [1.29, 1.82) is 0 Å². The fraction of sp³-hybridized carbons (Fsp3) is 0.316. The van der Waals surface area contributed by atoms with Crippen LogP contribution in [0, 0.1) is 13.8 Å². The van der Waals surface area contributed by atoms with Crippen LogP contribution in [-0.4, -0.2) is 34.8 Å². The topological polar surface area (TPSA) is 84.3 Å². The second kappa shape index (κ2) is 7.80. The summed E-state index contributed by atoms with van der Waals surface area (Å²) in [6.45, 7) is 3.75. The highest BCUT2D eigenvalue weighted by molar-refractivity contribution is 7.20. The summed E-state index contributed by atoms with van der Waals surface area (Å²) in [5.41, 5.74) is 1.86. The fourth-order valence-corrected chi connectivity index (χ4v) is 4.08. The monoisotopic (exact) mass is 371 g/mol. The van der Waals surface area contributed by atoms with Gasteiger partial charge in [0.15, 0.2) is 0 Å². The van der Waals surface area contributed by atoms with Crippen LogP contribution in [0.2, 0.25) is 0 Å². The van der Waals surface area contributed by atoms with Gasteiger partial charge in [0.25, 0.3) is 0 Å². The average molecular weight is 371 g/mol. The zero-order chi connectivity index (χ0) is 18.7. The number of nitrogens with one attached hydrogen (secondary N) is 1. The number of fused-ring (bicyclic) bond motifs is 1. The Morgan fingerprint density at radius 1 is 1.27 bits per heavy atom. The van der Waals surface area contributed by atoms with Crippen LogP contribution in [0.3, 0.4) is 0 Å². The number of hydrogen-bond donors (Lipinski definition) is 2. The molecular weight excluding hydrogens is 350 g/mol. The second-order valence-corrected chi connectivity index (χ2v) is 6.97. The maximum Gasteiger partial charge on any atom is 0.348 e. The Hall–Kier alpha value is -2.51. The molecule has 3 rings (SSSR count). The fourth-order valence-electron chi connectivity index (χ4n) is 2.94. The molecule has 0 unspecified atom stereocenters. The molecule has 0 fully saturated rings. The highest BCUT2D eigenvalue weighted by Gasteiger charge is 2.22. The third-order valence-corrected chi connectivity index (χ3v) is 5.37. The van der Waals surface area contributed by atoms with Crippen molar-refractivity contribution in [2.24, 2.45) is 0 Å². The molecule has 2 aromatic heterocycles. The Balaban J connectivity index is 2.08. The number of anilines is 1. The van der Waals surface area contributed by atoms with Crippen molar-refractivity contribution < 1.29 is 14.6 Å². The smallest absolute Gasteiger partial charge is 0.348 e. The predicted molar refractivity (Wildman–Crippen MR) is 103 cm³/mol. The number of carbonyl (C=O) groups excluding carboxylic acids is 1. The maximum atomic E-state index is 12.0. The Morgan fingerprint density at radius 3 is 2.65 bits per heavy atom. The second-order valence-electron chi connectivity index (χ2n) is 5.97. The standard InChI is InChI=1S/C19H21N3O3S/c1-11-15-17(22-14(9-10-23)13-7-5-4-6-8-13)20-12(2)21-18(15)26-16(11)19(24)25-3/h4-8,14,23H,9-10H2,1-3H3,(H,20,21,22)/t14-/m0/s1. The summed E-state index contributed by atoms with van der Waals surface area (Å²) in [6.07, 6.45) is 0.543. The lowest BCUT2D eigenvalue weighted by Gasteiger charge is -2.20. The number of hydrogen-bond acceptors (Lipinski definition) is 7. The molecule has 0 saturated heterocycles. The third kappa shape index (κ3) is 3.54. The average Bonchev–Trinajstić information content (AvgIpc) is 2.98. The molecule has 136 valence electrons. The summed E-state index contributed by atoms with van der Waals surface area (Å²) in [7, 11) is 1.37. The first-order chi connectivity index (χ1) is 12.5. The number of aliphatic hydroxyl groups is 1. The summed E-state index contributed by atoms with van der Waals surface area (Å²) in [5, 5.41) is 13.7. The van der Waals surface area contributed by atoms with Crippen molar-refractivity contribution >= 4 is 33.3 Å². The molecule has 2 N–H and O–H groups in total. The molecule has 0 aliphatic carbocycles. The minimum Gasteiger partial charge on any atom is -0.465 e. The van der Waals surface area contributed by atoms with Crippen molar-refractivity contribution in [2.75, 3.05) is 19.0 Å². The van der Waals surface area contributed by atoms with Crippen molar-refractivity contribution in [3.05, 3.63) is 52.2 Å². The van der Waals surface area contributed by atoms with Crippen LogP contribution < -0.4 is 5.32 Å². The van der Waals surface area contributed by atoms with E-state index >= 15 is 0 Å². The number of aryl methyl sites for hydroxylation is 2. The molecule has 0 aliphatic heterocycles. The predicted octanol–water partition coefficient (Wildman–Crippen LogP) is 3.63. The van der Waals surface area contributed by atoms with Gasteiger partial charge in [-0.05, 0) is 31.4 Å². The Bertz CT molecular complexity index is 925. The molecule has 2 heterocycles. The van der Waals surface area contributed by atoms with E-state index in [9.17, 15) is 9.90 Å². The van der Waals surface area contributed by atoms with Gasteiger partial charge >= 0.3 is 5.97 Å². The van der Waals surface area contributed by atoms with E-state index in [1.54, 1.807) is 0 Å². The molecule has 3 aromatic rings. The first-order valence-electron chi connectivity index (χ1n) is 8.33. The summed E-state index contributed by atoms with van der Waals surface area (Å²) in [5.74, 6) is 0.913. The molecule has 1 aromatic carbocycles. The van der Waals surface area contributed by atoms with Crippen LogP contribution >= 0.6 is 11.3 Å². The zero-order valence-electron chi connectivity index (χ0n) is 14.9. The minimum absolute atomic E-state index is 0.0514. The van der Waals surface area contributed by atoms with E-state index in [4.69, 9.17) is 4.74 Å². The van der Waals surface area contributed by atoms with E-state index in [0.717, 1.165) is 21.3 Å². The highest BCUT2D eigenvalue weighted by atomic mass is 32.1. The number of carbonyl (C=O) groups is 1. The number of rotatable bonds is 6. The van der Waals surface area contributed by atoms with E-state index in [1.165, 1.54) is 18.4 Å². The number of nitrogens with zero attached hydrogens (tertiary/aromatic N) is 2. The third-order valence-electron chi connectivity index (χ3n) is 4.20. The SMILES string of the molecule is COC(=O)c1sc2nc(C)nc(N[C@@H](CCO)c3ccccc3)c2c1C. The number of methoxy groups -OCH3 is 1. The molecule has 1 atom stereocenters. The van der Waals surface area contributed by atoms with E-state index < -0.39 is 0 Å². The molecule has 6 nitrogen and oxygen atoms in total. The molecule has 0 radical (unpaired) electrons. The lowest BCUT2D eigenvalue weighted by molar-refractivity contribution is 0.0605. The largest absolute Gasteiger partial charge is 0.465 e. The van der Waals surface area contributed by atoms with Crippen LogP contribution in [0.5, 0.6) is 0 Å². The quantitative estimate of drug-likeness (QED) is 0.644. The molecule has 0 bridgehead atoms. The molecule has 26 heavy (non-hydrogen) atoms. The van der Waals surface area contributed by atoms with Gasteiger partial charge in [-0.25, -0.2) is 14.8 Å². The number of aliphatic hydroxyl groups excluding tert-OH is 1. The molecule has 0 amide bonds. The molecule has 0 spiro atoms. The number of ether oxygens (including phenoxy) is 1. The van der Waals surface area contributed by atoms with Gasteiger partial charge in [0.05, 0.1) is 18.5 Å². The van der Waals surface area contributed by atoms with Gasteiger partial charge in [-0.2, -0.15) is 0 Å². The minimum atomic E-state index is -0.371. The van der Waals surface area contributed by atoms with Gasteiger partial charge in [0.2, 0.25) is 0 Å². The molecule has 0 saturated carbocycles. The number of esters is 1. The molecular formula is C19H21N3O3S. The van der Waals surface area contributed by atoms with Crippen molar-refractivity contribution in [3.63, 3.8) is 0 Å². The van der Waals surface area contributed by atoms with E-state index in [2.05, 4.69) is 15.3 Å². The zero-order valence-corrected chi connectivity index (χ0v) is 15.8. The van der Waals surface area contributed by atoms with Gasteiger partial charge in [-0.15, -0.1) is 11.3 Å². The van der Waals surface area contributed by atoms with E-state index in [-0.39, 0.29) is 18.6 Å². The van der Waals surface area contributed by atoms with Crippen molar-refractivity contribution in [1.82, 2.24) is 9.97 Å². The van der Waals surface area contributed by atoms with Crippen molar-refractivity contribution in [2.45, 2.75) is 26.3 Å². The Morgan fingerprint density at radius 2 is 2.00 bits per heavy atom. The lowest BCUT2D eigenvalue weighted by atomic mass is 10.0. The van der Waals surface area contributed by atoms with Crippen molar-refractivity contribution in [3.8, 4) is 0 Å². The van der Waals surface area contributed by atoms with Gasteiger partial charge in [-0.3, -0.25) is 0 Å². The number of aromatic nitrogens is 2. The summed E-state index contributed by atoms with van der Waals surface area (Å²) < 4.78 is 4.88. The number of benzene rings is 1. The van der Waals surface area contributed by atoms with E-state index in [0.29, 0.717) is 22.9 Å². The Kier molecular flexibility index (Phi) is 5.49. The lowest BCUT2D eigenvalue weighted by Crippen LogP contribution is -2.14. The van der Waals surface area contributed by atoms with Gasteiger partial charge in [0, 0.05) is 6.61 Å². The van der Waals surface area contributed by atoms with Crippen LogP contribution in [0.1, 0.15) is 39.1 Å². The first-order valence-corrected chi connectivity index (χ1v) is 9.15. The normalized spacial score (nSPS) is 12.2. The van der Waals surface area contributed by atoms with E-state index in [1.807, 2.05) is 44.2 Å².